The first-order chi connectivity index (χ1) is 17.6. The molecule has 6 aromatic rings. The van der Waals surface area contributed by atoms with Crippen molar-refractivity contribution in [3.05, 3.63) is 121 Å². The Labute approximate surface area is 210 Å². The van der Waals surface area contributed by atoms with E-state index in [1.165, 1.54) is 11.3 Å². The fraction of sp³-hybridized carbons (Fsp3) is 0.0938. The van der Waals surface area contributed by atoms with Crippen LogP contribution in [0.1, 0.15) is 25.2 Å². The summed E-state index contributed by atoms with van der Waals surface area (Å²) in [7, 11) is 0. The molecule has 4 nitrogen and oxygen atoms in total. The topological polar surface area (TPSA) is 43.6 Å². The number of hydrogen-bond acceptors (Lipinski definition) is 3. The van der Waals surface area contributed by atoms with Crippen molar-refractivity contribution in [2.75, 3.05) is 0 Å². The van der Waals surface area contributed by atoms with Crippen molar-refractivity contribution in [1.29, 1.82) is 0 Å². The predicted octanol–water partition coefficient (Wildman–Crippen LogP) is 7.46. The van der Waals surface area contributed by atoms with Crippen LogP contribution in [-0.4, -0.2) is 19.5 Å². The summed E-state index contributed by atoms with van der Waals surface area (Å²) in [6.45, 7) is 4.49. The molecule has 4 aromatic carbocycles. The lowest BCUT2D eigenvalue weighted by molar-refractivity contribution is 0.621. The van der Waals surface area contributed by atoms with Crippen molar-refractivity contribution in [3.8, 4) is 39.6 Å². The Balaban J connectivity index is 1.42. The van der Waals surface area contributed by atoms with Gasteiger partial charge >= 0.3 is 0 Å². The summed E-state index contributed by atoms with van der Waals surface area (Å²) in [5, 5.41) is 0. The minimum absolute atomic E-state index is 0.232. The Morgan fingerprint density at radius 1 is 0.583 bits per heavy atom. The maximum Gasteiger partial charge on any atom is 0.160 e. The van der Waals surface area contributed by atoms with Crippen molar-refractivity contribution >= 4 is 11.0 Å². The third-order valence-electron chi connectivity index (χ3n) is 7.15. The number of para-hydroxylation sites is 2. The summed E-state index contributed by atoms with van der Waals surface area (Å²) in [5.74, 6) is 1.79. The molecule has 0 fully saturated rings. The molecule has 0 spiro atoms. The lowest BCUT2D eigenvalue weighted by atomic mass is 9.84. The molecule has 0 N–H and O–H groups in total. The second kappa shape index (κ2) is 7.72. The maximum absolute atomic E-state index is 5.03. The lowest BCUT2D eigenvalue weighted by Gasteiger charge is -2.18. The van der Waals surface area contributed by atoms with Gasteiger partial charge in [-0.25, -0.2) is 15.0 Å². The van der Waals surface area contributed by atoms with Crippen LogP contribution in [0.25, 0.3) is 50.6 Å². The predicted molar refractivity (Wildman–Crippen MR) is 145 cm³/mol. The Morgan fingerprint density at radius 2 is 1.19 bits per heavy atom. The van der Waals surface area contributed by atoms with Crippen LogP contribution in [0.4, 0.5) is 0 Å². The molecule has 2 aromatic heterocycles. The number of rotatable bonds is 3. The Bertz CT molecular complexity index is 1690. The summed E-state index contributed by atoms with van der Waals surface area (Å²) in [4.78, 5) is 15.1. The molecule has 0 bridgehead atoms. The Morgan fingerprint density at radius 3 is 1.86 bits per heavy atom. The fourth-order valence-corrected chi connectivity index (χ4v) is 5.27. The number of fused-ring (bicyclic) bond motifs is 5. The van der Waals surface area contributed by atoms with Gasteiger partial charge in [0.05, 0.1) is 33.5 Å². The van der Waals surface area contributed by atoms with E-state index in [-0.39, 0.29) is 5.41 Å². The van der Waals surface area contributed by atoms with Crippen molar-refractivity contribution in [2.45, 2.75) is 19.3 Å². The van der Waals surface area contributed by atoms with Gasteiger partial charge in [0, 0.05) is 16.7 Å². The van der Waals surface area contributed by atoms with E-state index < -0.39 is 0 Å². The molecule has 0 aliphatic carbocycles. The van der Waals surface area contributed by atoms with E-state index in [0.29, 0.717) is 0 Å². The average Bonchev–Trinajstić information content (AvgIpc) is 3.43. The van der Waals surface area contributed by atoms with Gasteiger partial charge in [-0.2, -0.15) is 0 Å². The molecule has 0 saturated heterocycles. The molecule has 0 saturated carbocycles. The molecular weight excluding hydrogens is 440 g/mol. The van der Waals surface area contributed by atoms with Gasteiger partial charge in [-0.1, -0.05) is 72.8 Å². The van der Waals surface area contributed by atoms with Crippen LogP contribution in [0, 0.1) is 0 Å². The number of hydrogen-bond donors (Lipinski definition) is 0. The SMILES string of the molecule is CC1(C)c2cc(-c3nc(-c4ccccc4)cc(-c4ccccc4)n3)ccc2-n2c1nc1ccccc12. The monoisotopic (exact) mass is 464 g/mol. The van der Waals surface area contributed by atoms with Gasteiger partial charge in [0.2, 0.25) is 0 Å². The highest BCUT2D eigenvalue weighted by Gasteiger charge is 2.39. The smallest absolute Gasteiger partial charge is 0.160 e. The second-order valence-electron chi connectivity index (χ2n) is 9.81. The van der Waals surface area contributed by atoms with E-state index in [4.69, 9.17) is 15.0 Å². The van der Waals surface area contributed by atoms with Crippen LogP contribution < -0.4 is 0 Å². The molecule has 7 rings (SSSR count). The molecule has 172 valence electrons. The number of benzene rings is 4. The normalized spacial score (nSPS) is 13.5. The molecule has 0 atom stereocenters. The van der Waals surface area contributed by atoms with Gasteiger partial charge in [0.1, 0.15) is 5.82 Å². The van der Waals surface area contributed by atoms with Crippen LogP contribution in [-0.2, 0) is 5.41 Å². The van der Waals surface area contributed by atoms with Gasteiger partial charge in [-0.05, 0) is 55.8 Å². The fourth-order valence-electron chi connectivity index (χ4n) is 5.27. The number of imidazole rings is 1. The molecule has 1 aliphatic rings. The van der Waals surface area contributed by atoms with Crippen molar-refractivity contribution in [3.63, 3.8) is 0 Å². The summed E-state index contributed by atoms with van der Waals surface area (Å²) < 4.78 is 2.30. The summed E-state index contributed by atoms with van der Waals surface area (Å²) in [5.41, 5.74) is 9.34. The zero-order valence-electron chi connectivity index (χ0n) is 20.2. The summed E-state index contributed by atoms with van der Waals surface area (Å²) in [6.07, 6.45) is 0. The van der Waals surface area contributed by atoms with Gasteiger partial charge < -0.3 is 0 Å². The van der Waals surface area contributed by atoms with E-state index in [0.717, 1.165) is 50.8 Å². The average molecular weight is 465 g/mol. The van der Waals surface area contributed by atoms with Gasteiger partial charge in [-0.15, -0.1) is 0 Å². The van der Waals surface area contributed by atoms with Crippen molar-refractivity contribution in [1.82, 2.24) is 19.5 Å². The molecular formula is C32H24N4. The highest BCUT2D eigenvalue weighted by Crippen LogP contribution is 2.45. The molecule has 4 heteroatoms. The largest absolute Gasteiger partial charge is 0.295 e. The highest BCUT2D eigenvalue weighted by atomic mass is 15.1. The summed E-state index contributed by atoms with van der Waals surface area (Å²) in [6, 6.07) is 37.6. The van der Waals surface area contributed by atoms with Gasteiger partial charge in [-0.3, -0.25) is 4.57 Å². The molecule has 36 heavy (non-hydrogen) atoms. The minimum Gasteiger partial charge on any atom is -0.295 e. The standard InChI is InChI=1S/C32H24N4/c1-32(2)24-19-23(17-18-28(24)36-29-16-10-9-15-25(29)35-31(32)36)30-33-26(21-11-5-3-6-12-21)20-27(34-30)22-13-7-4-8-14-22/h3-20H,1-2H3. The van der Waals surface area contributed by atoms with Crippen LogP contribution in [0.15, 0.2) is 109 Å². The van der Waals surface area contributed by atoms with E-state index in [1.807, 2.05) is 42.5 Å². The third-order valence-corrected chi connectivity index (χ3v) is 7.15. The molecule has 0 radical (unpaired) electrons. The minimum atomic E-state index is -0.232. The number of nitrogens with zero attached hydrogens (tertiary/aromatic N) is 4. The first kappa shape index (κ1) is 20.8. The third kappa shape index (κ3) is 3.11. The molecule has 0 unspecified atom stereocenters. The van der Waals surface area contributed by atoms with E-state index in [9.17, 15) is 0 Å². The Kier molecular flexibility index (Phi) is 4.45. The number of aromatic nitrogens is 4. The molecule has 1 aliphatic heterocycles. The van der Waals surface area contributed by atoms with Crippen LogP contribution in [0.3, 0.4) is 0 Å². The van der Waals surface area contributed by atoms with Crippen molar-refractivity contribution < 1.29 is 0 Å². The zero-order valence-corrected chi connectivity index (χ0v) is 20.2. The van der Waals surface area contributed by atoms with Gasteiger partial charge in [0.15, 0.2) is 5.82 Å². The van der Waals surface area contributed by atoms with Crippen LogP contribution in [0.5, 0.6) is 0 Å². The molecule has 0 amide bonds. The second-order valence-corrected chi connectivity index (χ2v) is 9.81. The van der Waals surface area contributed by atoms with Gasteiger partial charge in [0.25, 0.3) is 0 Å². The van der Waals surface area contributed by atoms with Crippen LogP contribution in [0.2, 0.25) is 0 Å². The lowest BCUT2D eigenvalue weighted by Crippen LogP contribution is -2.16. The van der Waals surface area contributed by atoms with E-state index >= 15 is 0 Å². The highest BCUT2D eigenvalue weighted by molar-refractivity contribution is 5.82. The van der Waals surface area contributed by atoms with E-state index in [1.54, 1.807) is 0 Å². The Hall–Kier alpha value is -4.57. The molecule has 3 heterocycles. The first-order valence-electron chi connectivity index (χ1n) is 12.2. The van der Waals surface area contributed by atoms with E-state index in [2.05, 4.69) is 85.1 Å². The first-order valence-corrected chi connectivity index (χ1v) is 12.2. The van der Waals surface area contributed by atoms with Crippen LogP contribution >= 0.6 is 0 Å². The zero-order chi connectivity index (χ0) is 24.3. The quantitative estimate of drug-likeness (QED) is 0.273. The van der Waals surface area contributed by atoms with Crippen molar-refractivity contribution in [2.24, 2.45) is 0 Å². The maximum atomic E-state index is 5.03. The summed E-state index contributed by atoms with van der Waals surface area (Å²) >= 11 is 0.